The fourth-order valence-corrected chi connectivity index (χ4v) is 3.33. The quantitative estimate of drug-likeness (QED) is 0.905. The third-order valence-corrected chi connectivity index (χ3v) is 4.41. The van der Waals surface area contributed by atoms with Crippen LogP contribution in [0.5, 0.6) is 0 Å². The molecule has 0 aliphatic carbocycles. The van der Waals surface area contributed by atoms with Gasteiger partial charge in [0.15, 0.2) is 0 Å². The minimum atomic E-state index is 0. The number of aryl methyl sites for hydroxylation is 1. The van der Waals surface area contributed by atoms with Crippen LogP contribution >= 0.6 is 12.4 Å². The van der Waals surface area contributed by atoms with Gasteiger partial charge in [0.2, 0.25) is 0 Å². The molecule has 5 heteroatoms. The Kier molecular flexibility index (Phi) is 4.30. The van der Waals surface area contributed by atoms with E-state index in [1.54, 1.807) is 0 Å². The molecule has 2 unspecified atom stereocenters. The average molecular weight is 271 g/mol. The van der Waals surface area contributed by atoms with Gasteiger partial charge in [-0.25, -0.2) is 0 Å². The Morgan fingerprint density at radius 1 is 1.39 bits per heavy atom. The summed E-state index contributed by atoms with van der Waals surface area (Å²) in [7, 11) is 4.28. The molecule has 0 aromatic carbocycles. The Hall–Kier alpha value is -0.580. The molecule has 0 amide bonds. The van der Waals surface area contributed by atoms with Crippen molar-refractivity contribution in [2.45, 2.75) is 50.4 Å². The number of hydrogen-bond donors (Lipinski definition) is 1. The molecule has 2 aliphatic rings. The Bertz CT molecular complexity index is 380. The van der Waals surface area contributed by atoms with Gasteiger partial charge < -0.3 is 5.32 Å². The summed E-state index contributed by atoms with van der Waals surface area (Å²) < 4.78 is 1.98. The monoisotopic (exact) mass is 270 g/mol. The average Bonchev–Trinajstić information content (AvgIpc) is 2.86. The predicted octanol–water partition coefficient (Wildman–Crippen LogP) is 1.56. The summed E-state index contributed by atoms with van der Waals surface area (Å²) >= 11 is 0. The van der Waals surface area contributed by atoms with Crippen LogP contribution in [-0.4, -0.2) is 39.9 Å². The highest BCUT2D eigenvalue weighted by Crippen LogP contribution is 2.29. The molecule has 2 atom stereocenters. The lowest BCUT2D eigenvalue weighted by atomic mass is 9.98. The Morgan fingerprint density at radius 3 is 2.61 bits per heavy atom. The number of aromatic nitrogens is 2. The maximum absolute atomic E-state index is 4.23. The molecule has 2 aliphatic heterocycles. The second-order valence-corrected chi connectivity index (χ2v) is 5.62. The number of nitrogens with zero attached hydrogens (tertiary/aromatic N) is 3. The molecule has 2 bridgehead atoms. The van der Waals surface area contributed by atoms with E-state index in [1.165, 1.54) is 31.4 Å². The summed E-state index contributed by atoms with van der Waals surface area (Å²) in [5.74, 6) is 0. The smallest absolute Gasteiger partial charge is 0.0521 e. The van der Waals surface area contributed by atoms with Crippen LogP contribution in [0.2, 0.25) is 0 Å². The Morgan fingerprint density at radius 2 is 2.06 bits per heavy atom. The molecule has 18 heavy (non-hydrogen) atoms. The summed E-state index contributed by atoms with van der Waals surface area (Å²) in [5.41, 5.74) is 1.30. The lowest BCUT2D eigenvalue weighted by molar-refractivity contribution is 0.163. The zero-order valence-electron chi connectivity index (χ0n) is 11.2. The maximum Gasteiger partial charge on any atom is 0.0521 e. The molecule has 4 nitrogen and oxygen atoms in total. The number of rotatable bonds is 3. The first-order valence-electron chi connectivity index (χ1n) is 6.65. The van der Waals surface area contributed by atoms with Crippen molar-refractivity contribution >= 4 is 12.4 Å². The van der Waals surface area contributed by atoms with E-state index in [9.17, 15) is 0 Å². The van der Waals surface area contributed by atoms with Gasteiger partial charge in [-0.2, -0.15) is 5.10 Å². The molecule has 1 aromatic heterocycles. The second kappa shape index (κ2) is 5.59. The zero-order chi connectivity index (χ0) is 11.8. The first-order valence-corrected chi connectivity index (χ1v) is 6.65. The SMILES string of the molecule is CN(Cc1ccnn1C)C1CC2CCC(C1)N2.Cl. The van der Waals surface area contributed by atoms with E-state index in [1.807, 2.05) is 17.9 Å². The van der Waals surface area contributed by atoms with Crippen molar-refractivity contribution in [3.63, 3.8) is 0 Å². The molecule has 0 radical (unpaired) electrons. The standard InChI is InChI=1S/C13H22N4.ClH/c1-16(9-12-5-6-14-17(12)2)13-7-10-3-4-11(8-13)15-10;/h5-6,10-11,13,15H,3-4,7-9H2,1-2H3;1H. The van der Waals surface area contributed by atoms with Crippen LogP contribution in [-0.2, 0) is 13.6 Å². The minimum absolute atomic E-state index is 0. The lowest BCUT2D eigenvalue weighted by Gasteiger charge is -2.35. The molecule has 3 heterocycles. The second-order valence-electron chi connectivity index (χ2n) is 5.62. The Balaban J connectivity index is 0.00000120. The summed E-state index contributed by atoms with van der Waals surface area (Å²) in [6.45, 7) is 1.01. The van der Waals surface area contributed by atoms with Crippen LogP contribution in [0.1, 0.15) is 31.4 Å². The summed E-state index contributed by atoms with van der Waals surface area (Å²) in [6.07, 6.45) is 7.26. The third kappa shape index (κ3) is 2.71. The van der Waals surface area contributed by atoms with Crippen molar-refractivity contribution in [3.05, 3.63) is 18.0 Å². The normalized spacial score (nSPS) is 30.5. The van der Waals surface area contributed by atoms with Crippen molar-refractivity contribution in [1.29, 1.82) is 0 Å². The van der Waals surface area contributed by atoms with E-state index in [-0.39, 0.29) is 12.4 Å². The third-order valence-electron chi connectivity index (χ3n) is 4.41. The van der Waals surface area contributed by atoms with Gasteiger partial charge in [0.05, 0.1) is 5.69 Å². The largest absolute Gasteiger partial charge is 0.311 e. The summed E-state index contributed by atoms with van der Waals surface area (Å²) in [6, 6.07) is 4.40. The molecule has 1 N–H and O–H groups in total. The van der Waals surface area contributed by atoms with Gasteiger partial charge in [-0.15, -0.1) is 12.4 Å². The predicted molar refractivity (Wildman–Crippen MR) is 74.9 cm³/mol. The zero-order valence-corrected chi connectivity index (χ0v) is 12.0. The van der Waals surface area contributed by atoms with Gasteiger partial charge in [0.25, 0.3) is 0 Å². The molecule has 2 fully saturated rings. The lowest BCUT2D eigenvalue weighted by Crippen LogP contribution is -2.46. The van der Waals surface area contributed by atoms with Gasteiger partial charge >= 0.3 is 0 Å². The summed E-state index contributed by atoms with van der Waals surface area (Å²) in [5, 5.41) is 7.94. The summed E-state index contributed by atoms with van der Waals surface area (Å²) in [4.78, 5) is 2.50. The van der Waals surface area contributed by atoms with Crippen molar-refractivity contribution in [2.75, 3.05) is 7.05 Å². The van der Waals surface area contributed by atoms with Crippen molar-refractivity contribution in [2.24, 2.45) is 7.05 Å². The van der Waals surface area contributed by atoms with Gasteiger partial charge in [0.1, 0.15) is 0 Å². The fraction of sp³-hybridized carbons (Fsp3) is 0.769. The molecular formula is C13H23ClN4. The fourth-order valence-electron chi connectivity index (χ4n) is 3.33. The van der Waals surface area contributed by atoms with Crippen molar-refractivity contribution in [1.82, 2.24) is 20.0 Å². The molecule has 2 saturated heterocycles. The van der Waals surface area contributed by atoms with Crippen molar-refractivity contribution < 1.29 is 0 Å². The highest BCUT2D eigenvalue weighted by molar-refractivity contribution is 5.85. The number of halogens is 1. The van der Waals surface area contributed by atoms with Gasteiger partial charge in [-0.05, 0) is 38.8 Å². The first-order chi connectivity index (χ1) is 8.22. The van der Waals surface area contributed by atoms with E-state index in [0.29, 0.717) is 0 Å². The molecule has 102 valence electrons. The molecule has 0 spiro atoms. The van der Waals surface area contributed by atoms with E-state index < -0.39 is 0 Å². The molecular weight excluding hydrogens is 248 g/mol. The minimum Gasteiger partial charge on any atom is -0.311 e. The van der Waals surface area contributed by atoms with E-state index in [4.69, 9.17) is 0 Å². The number of piperidine rings is 1. The van der Waals surface area contributed by atoms with Gasteiger partial charge in [0, 0.05) is 37.9 Å². The molecule has 3 rings (SSSR count). The van der Waals surface area contributed by atoms with Crippen molar-refractivity contribution in [3.8, 4) is 0 Å². The van der Waals surface area contributed by atoms with Crippen LogP contribution < -0.4 is 5.32 Å². The first kappa shape index (κ1) is 13.8. The van der Waals surface area contributed by atoms with E-state index in [0.717, 1.165) is 24.7 Å². The van der Waals surface area contributed by atoms with E-state index >= 15 is 0 Å². The van der Waals surface area contributed by atoms with Crippen LogP contribution in [0, 0.1) is 0 Å². The number of nitrogens with one attached hydrogen (secondary N) is 1. The van der Waals surface area contributed by atoms with Crippen LogP contribution in [0.3, 0.4) is 0 Å². The van der Waals surface area contributed by atoms with Crippen LogP contribution in [0.4, 0.5) is 0 Å². The number of hydrogen-bond acceptors (Lipinski definition) is 3. The Labute approximate surface area is 115 Å². The van der Waals surface area contributed by atoms with E-state index in [2.05, 4.69) is 28.4 Å². The van der Waals surface area contributed by atoms with Crippen LogP contribution in [0.15, 0.2) is 12.3 Å². The van der Waals surface area contributed by atoms with Crippen LogP contribution in [0.25, 0.3) is 0 Å². The topological polar surface area (TPSA) is 33.1 Å². The maximum atomic E-state index is 4.23. The highest BCUT2D eigenvalue weighted by atomic mass is 35.5. The molecule has 0 saturated carbocycles. The number of fused-ring (bicyclic) bond motifs is 2. The van der Waals surface area contributed by atoms with Gasteiger partial charge in [-0.3, -0.25) is 9.58 Å². The van der Waals surface area contributed by atoms with Gasteiger partial charge in [-0.1, -0.05) is 0 Å². The highest BCUT2D eigenvalue weighted by Gasteiger charge is 2.35. The molecule has 1 aromatic rings.